The Kier molecular flexibility index (Phi) is 10.1. The largest absolute Gasteiger partial charge is 0.314 e. The summed E-state index contributed by atoms with van der Waals surface area (Å²) < 4.78 is 39.4. The van der Waals surface area contributed by atoms with Crippen LogP contribution in [0, 0.1) is 5.82 Å². The molecule has 1 aliphatic rings. The van der Waals surface area contributed by atoms with Gasteiger partial charge in [0.15, 0.2) is 0 Å². The second-order valence-corrected chi connectivity index (χ2v) is 6.57. The smallest absolute Gasteiger partial charge is 0.240 e. The van der Waals surface area contributed by atoms with Gasteiger partial charge >= 0.3 is 0 Å². The molecule has 0 bridgehead atoms. The first-order chi connectivity index (χ1) is 9.58. The van der Waals surface area contributed by atoms with Crippen LogP contribution in [-0.4, -0.2) is 52.6 Å². The Morgan fingerprint density at radius 2 is 1.91 bits per heavy atom. The van der Waals surface area contributed by atoms with Crippen LogP contribution in [0.2, 0.25) is 0 Å². The molecular weight excluding hydrogens is 352 g/mol. The van der Waals surface area contributed by atoms with Crippen LogP contribution in [-0.2, 0) is 10.0 Å². The van der Waals surface area contributed by atoms with Crippen molar-refractivity contribution in [1.82, 2.24) is 14.9 Å². The van der Waals surface area contributed by atoms with E-state index >= 15 is 0 Å². The molecule has 22 heavy (non-hydrogen) atoms. The summed E-state index contributed by atoms with van der Waals surface area (Å²) in [7, 11) is -3.61. The first-order valence-electron chi connectivity index (χ1n) is 6.76. The molecule has 0 aromatic heterocycles. The Bertz CT molecular complexity index is 540. The standard InChI is InChI=1S/C13H20FN3O2S.2ClH/c14-12-3-1-4-13(11-12)20(18,19)16-5-2-8-17-9-6-15-7-10-17;;/h1,3-4,11,15-16H,2,5-10H2;2*1H. The van der Waals surface area contributed by atoms with Gasteiger partial charge in [-0.25, -0.2) is 17.5 Å². The van der Waals surface area contributed by atoms with E-state index in [0.29, 0.717) is 6.54 Å². The molecule has 0 aliphatic carbocycles. The molecule has 0 spiro atoms. The molecule has 0 radical (unpaired) electrons. The van der Waals surface area contributed by atoms with Crippen LogP contribution in [0.4, 0.5) is 4.39 Å². The highest BCUT2D eigenvalue weighted by Gasteiger charge is 2.14. The number of sulfonamides is 1. The van der Waals surface area contributed by atoms with E-state index < -0.39 is 15.8 Å². The topological polar surface area (TPSA) is 61.4 Å². The van der Waals surface area contributed by atoms with E-state index in [1.807, 2.05) is 0 Å². The average Bonchev–Trinajstić information content (AvgIpc) is 2.45. The average molecular weight is 374 g/mol. The molecule has 1 heterocycles. The van der Waals surface area contributed by atoms with Crippen molar-refractivity contribution < 1.29 is 12.8 Å². The fourth-order valence-electron chi connectivity index (χ4n) is 2.16. The fourth-order valence-corrected chi connectivity index (χ4v) is 3.27. The van der Waals surface area contributed by atoms with Crippen molar-refractivity contribution >= 4 is 34.8 Å². The Balaban J connectivity index is 0.00000220. The SMILES string of the molecule is Cl.Cl.O=S(=O)(NCCCN1CCNCC1)c1cccc(F)c1. The molecule has 5 nitrogen and oxygen atoms in total. The van der Waals surface area contributed by atoms with Gasteiger partial charge in [-0.15, -0.1) is 24.8 Å². The van der Waals surface area contributed by atoms with Gasteiger partial charge in [0, 0.05) is 32.7 Å². The fraction of sp³-hybridized carbons (Fsp3) is 0.538. The van der Waals surface area contributed by atoms with Gasteiger partial charge in [0.25, 0.3) is 0 Å². The minimum Gasteiger partial charge on any atom is -0.314 e. The molecule has 1 aliphatic heterocycles. The zero-order chi connectivity index (χ0) is 14.4. The van der Waals surface area contributed by atoms with Crippen molar-refractivity contribution in [1.29, 1.82) is 0 Å². The lowest BCUT2D eigenvalue weighted by Crippen LogP contribution is -2.44. The molecule has 2 rings (SSSR count). The van der Waals surface area contributed by atoms with E-state index in [1.165, 1.54) is 18.2 Å². The molecule has 1 aromatic rings. The maximum absolute atomic E-state index is 13.0. The number of benzene rings is 1. The molecule has 0 unspecified atom stereocenters. The number of rotatable bonds is 6. The Morgan fingerprint density at radius 1 is 1.23 bits per heavy atom. The molecule has 1 aromatic carbocycles. The lowest BCUT2D eigenvalue weighted by molar-refractivity contribution is 0.239. The van der Waals surface area contributed by atoms with Crippen molar-refractivity contribution in [3.8, 4) is 0 Å². The second-order valence-electron chi connectivity index (χ2n) is 4.80. The summed E-state index contributed by atoms with van der Waals surface area (Å²) in [6.07, 6.45) is 0.745. The van der Waals surface area contributed by atoms with Crippen molar-refractivity contribution in [3.05, 3.63) is 30.1 Å². The van der Waals surface area contributed by atoms with Gasteiger partial charge in [-0.2, -0.15) is 0 Å². The Morgan fingerprint density at radius 3 is 2.55 bits per heavy atom. The van der Waals surface area contributed by atoms with Crippen LogP contribution in [0.5, 0.6) is 0 Å². The number of piperazine rings is 1. The van der Waals surface area contributed by atoms with Gasteiger partial charge in [0.1, 0.15) is 5.82 Å². The van der Waals surface area contributed by atoms with Crippen LogP contribution >= 0.6 is 24.8 Å². The molecule has 0 atom stereocenters. The third kappa shape index (κ3) is 6.76. The maximum Gasteiger partial charge on any atom is 0.240 e. The molecule has 128 valence electrons. The minimum absolute atomic E-state index is 0. The first-order valence-corrected chi connectivity index (χ1v) is 8.24. The maximum atomic E-state index is 13.0. The summed E-state index contributed by atoms with van der Waals surface area (Å²) in [6, 6.07) is 5.04. The predicted octanol–water partition coefficient (Wildman–Crippen LogP) is 1.24. The zero-order valence-electron chi connectivity index (χ0n) is 12.1. The summed E-state index contributed by atoms with van der Waals surface area (Å²) in [5.74, 6) is -0.548. The molecule has 1 fully saturated rings. The second kappa shape index (κ2) is 10.4. The number of hydrogen-bond acceptors (Lipinski definition) is 4. The molecule has 0 saturated carbocycles. The van der Waals surface area contributed by atoms with Crippen LogP contribution in [0.15, 0.2) is 29.2 Å². The van der Waals surface area contributed by atoms with Crippen LogP contribution in [0.3, 0.4) is 0 Å². The lowest BCUT2D eigenvalue weighted by Gasteiger charge is -2.27. The quantitative estimate of drug-likeness (QED) is 0.736. The first kappa shape index (κ1) is 21.6. The summed E-state index contributed by atoms with van der Waals surface area (Å²) in [6.45, 7) is 5.19. The van der Waals surface area contributed by atoms with E-state index in [2.05, 4.69) is 14.9 Å². The van der Waals surface area contributed by atoms with Gasteiger partial charge in [-0.05, 0) is 31.2 Å². The van der Waals surface area contributed by atoms with Crippen molar-refractivity contribution in [2.45, 2.75) is 11.3 Å². The predicted molar refractivity (Wildman–Crippen MR) is 90.0 cm³/mol. The highest BCUT2D eigenvalue weighted by Crippen LogP contribution is 2.10. The summed E-state index contributed by atoms with van der Waals surface area (Å²) >= 11 is 0. The van der Waals surface area contributed by atoms with Crippen molar-refractivity contribution in [3.63, 3.8) is 0 Å². The van der Waals surface area contributed by atoms with Gasteiger partial charge < -0.3 is 10.2 Å². The van der Waals surface area contributed by atoms with Gasteiger partial charge in [0.05, 0.1) is 4.90 Å². The molecule has 9 heteroatoms. The molecular formula is C13H22Cl2FN3O2S. The summed E-state index contributed by atoms with van der Waals surface area (Å²) in [4.78, 5) is 2.27. The monoisotopic (exact) mass is 373 g/mol. The lowest BCUT2D eigenvalue weighted by atomic mass is 10.3. The number of halogens is 3. The van der Waals surface area contributed by atoms with E-state index in [0.717, 1.165) is 45.2 Å². The van der Waals surface area contributed by atoms with E-state index in [1.54, 1.807) is 0 Å². The highest BCUT2D eigenvalue weighted by atomic mass is 35.5. The van der Waals surface area contributed by atoms with E-state index in [-0.39, 0.29) is 29.7 Å². The molecule has 1 saturated heterocycles. The van der Waals surface area contributed by atoms with Crippen LogP contribution in [0.25, 0.3) is 0 Å². The van der Waals surface area contributed by atoms with Crippen LogP contribution < -0.4 is 10.0 Å². The molecule has 0 amide bonds. The Hall–Kier alpha value is -0.440. The van der Waals surface area contributed by atoms with Gasteiger partial charge in [-0.1, -0.05) is 6.07 Å². The Labute approximate surface area is 143 Å². The zero-order valence-corrected chi connectivity index (χ0v) is 14.6. The third-order valence-electron chi connectivity index (χ3n) is 3.26. The third-order valence-corrected chi connectivity index (χ3v) is 4.72. The summed E-state index contributed by atoms with van der Waals surface area (Å²) in [5, 5.41) is 3.27. The van der Waals surface area contributed by atoms with Gasteiger partial charge in [-0.3, -0.25) is 0 Å². The number of nitrogens with one attached hydrogen (secondary N) is 2. The number of hydrogen-bond donors (Lipinski definition) is 2. The minimum atomic E-state index is -3.61. The number of nitrogens with zero attached hydrogens (tertiary/aromatic N) is 1. The van der Waals surface area contributed by atoms with Crippen molar-refractivity contribution in [2.24, 2.45) is 0 Å². The van der Waals surface area contributed by atoms with E-state index in [4.69, 9.17) is 0 Å². The normalized spacial score (nSPS) is 15.7. The van der Waals surface area contributed by atoms with E-state index in [9.17, 15) is 12.8 Å². The summed E-state index contributed by atoms with van der Waals surface area (Å²) in [5.41, 5.74) is 0. The molecule has 2 N–H and O–H groups in total. The van der Waals surface area contributed by atoms with Crippen LogP contribution in [0.1, 0.15) is 6.42 Å². The van der Waals surface area contributed by atoms with Gasteiger partial charge in [0.2, 0.25) is 10.0 Å². The highest BCUT2D eigenvalue weighted by molar-refractivity contribution is 7.89. The van der Waals surface area contributed by atoms with Crippen molar-refractivity contribution in [2.75, 3.05) is 39.3 Å².